The second-order valence-electron chi connectivity index (χ2n) is 4.56. The van der Waals surface area contributed by atoms with Crippen molar-refractivity contribution in [2.24, 2.45) is 5.73 Å². The zero-order valence-corrected chi connectivity index (χ0v) is 11.4. The second-order valence-corrected chi connectivity index (χ2v) is 4.56. The predicted octanol–water partition coefficient (Wildman–Crippen LogP) is 1.59. The Morgan fingerprint density at radius 1 is 1.24 bits per heavy atom. The SMILES string of the molecule is CCOC(CN1CCCCC1CCN)OCC. The maximum atomic E-state index is 5.68. The fourth-order valence-corrected chi connectivity index (χ4v) is 2.54. The van der Waals surface area contributed by atoms with Gasteiger partial charge < -0.3 is 15.2 Å². The number of likely N-dealkylation sites (tertiary alicyclic amines) is 1. The van der Waals surface area contributed by atoms with Crippen molar-refractivity contribution in [2.45, 2.75) is 51.9 Å². The van der Waals surface area contributed by atoms with Crippen LogP contribution in [0.4, 0.5) is 0 Å². The lowest BCUT2D eigenvalue weighted by Gasteiger charge is -2.37. The van der Waals surface area contributed by atoms with Crippen LogP contribution in [0.2, 0.25) is 0 Å². The van der Waals surface area contributed by atoms with Crippen molar-refractivity contribution in [3.63, 3.8) is 0 Å². The highest BCUT2D eigenvalue weighted by Crippen LogP contribution is 2.20. The third-order valence-corrected chi connectivity index (χ3v) is 3.34. The number of ether oxygens (including phenoxy) is 2. The first-order chi connectivity index (χ1) is 8.31. The summed E-state index contributed by atoms with van der Waals surface area (Å²) in [7, 11) is 0. The minimum atomic E-state index is -0.0802. The molecule has 0 aliphatic carbocycles. The lowest BCUT2D eigenvalue weighted by Crippen LogP contribution is -2.45. The summed E-state index contributed by atoms with van der Waals surface area (Å²) in [6.07, 6.45) is 4.89. The molecular weight excluding hydrogens is 216 g/mol. The van der Waals surface area contributed by atoms with Crippen molar-refractivity contribution in [1.82, 2.24) is 4.90 Å². The van der Waals surface area contributed by atoms with E-state index in [0.717, 1.165) is 26.1 Å². The Bertz CT molecular complexity index is 182. The van der Waals surface area contributed by atoms with Crippen LogP contribution in [0, 0.1) is 0 Å². The third kappa shape index (κ3) is 5.34. The van der Waals surface area contributed by atoms with E-state index in [2.05, 4.69) is 4.90 Å². The van der Waals surface area contributed by atoms with Gasteiger partial charge in [0.1, 0.15) is 0 Å². The van der Waals surface area contributed by atoms with Gasteiger partial charge in [0, 0.05) is 25.8 Å². The molecule has 1 atom stereocenters. The summed E-state index contributed by atoms with van der Waals surface area (Å²) in [5.41, 5.74) is 5.68. The van der Waals surface area contributed by atoms with Crippen LogP contribution in [0.25, 0.3) is 0 Å². The van der Waals surface area contributed by atoms with Gasteiger partial charge in [0.25, 0.3) is 0 Å². The number of nitrogens with zero attached hydrogens (tertiary/aromatic N) is 1. The van der Waals surface area contributed by atoms with Gasteiger partial charge in [0.2, 0.25) is 0 Å². The lowest BCUT2D eigenvalue weighted by atomic mass is 9.99. The first-order valence-electron chi connectivity index (χ1n) is 6.99. The van der Waals surface area contributed by atoms with Crippen molar-refractivity contribution in [3.05, 3.63) is 0 Å². The van der Waals surface area contributed by atoms with E-state index < -0.39 is 0 Å². The van der Waals surface area contributed by atoms with Crippen molar-refractivity contribution in [3.8, 4) is 0 Å². The first kappa shape index (κ1) is 14.9. The van der Waals surface area contributed by atoms with Gasteiger partial charge in [-0.3, -0.25) is 4.90 Å². The summed E-state index contributed by atoms with van der Waals surface area (Å²) in [5, 5.41) is 0. The van der Waals surface area contributed by atoms with E-state index in [1.807, 2.05) is 13.8 Å². The molecule has 4 nitrogen and oxygen atoms in total. The molecule has 0 aromatic rings. The second kappa shape index (κ2) is 8.86. The van der Waals surface area contributed by atoms with E-state index in [0.29, 0.717) is 19.3 Å². The highest BCUT2D eigenvalue weighted by molar-refractivity contribution is 4.77. The van der Waals surface area contributed by atoms with Crippen LogP contribution in [-0.4, -0.2) is 50.1 Å². The molecule has 1 aliphatic rings. The average molecular weight is 244 g/mol. The standard InChI is InChI=1S/C13H28N2O2/c1-3-16-13(17-4-2)11-15-10-6-5-7-12(15)8-9-14/h12-13H,3-11,14H2,1-2H3. The first-order valence-corrected chi connectivity index (χ1v) is 6.99. The molecule has 0 radical (unpaired) electrons. The highest BCUT2D eigenvalue weighted by atomic mass is 16.7. The molecule has 4 heteroatoms. The molecule has 102 valence electrons. The Morgan fingerprint density at radius 2 is 1.94 bits per heavy atom. The number of hydrogen-bond acceptors (Lipinski definition) is 4. The summed E-state index contributed by atoms with van der Waals surface area (Å²) in [4.78, 5) is 2.49. The average Bonchev–Trinajstić information content (AvgIpc) is 2.33. The molecule has 1 heterocycles. The zero-order chi connectivity index (χ0) is 12.5. The summed E-state index contributed by atoms with van der Waals surface area (Å²) in [6, 6.07) is 0.622. The smallest absolute Gasteiger partial charge is 0.170 e. The molecule has 0 spiro atoms. The summed E-state index contributed by atoms with van der Waals surface area (Å²) in [5.74, 6) is 0. The number of nitrogens with two attached hydrogens (primary N) is 1. The highest BCUT2D eigenvalue weighted by Gasteiger charge is 2.24. The van der Waals surface area contributed by atoms with E-state index in [-0.39, 0.29) is 6.29 Å². The lowest BCUT2D eigenvalue weighted by molar-refractivity contribution is -0.152. The Labute approximate surface area is 105 Å². The van der Waals surface area contributed by atoms with Gasteiger partial charge >= 0.3 is 0 Å². The molecule has 1 fully saturated rings. The fourth-order valence-electron chi connectivity index (χ4n) is 2.54. The maximum Gasteiger partial charge on any atom is 0.170 e. The third-order valence-electron chi connectivity index (χ3n) is 3.34. The zero-order valence-electron chi connectivity index (χ0n) is 11.4. The van der Waals surface area contributed by atoms with Gasteiger partial charge in [-0.2, -0.15) is 0 Å². The van der Waals surface area contributed by atoms with Crippen LogP contribution in [0.5, 0.6) is 0 Å². The van der Waals surface area contributed by atoms with E-state index in [1.54, 1.807) is 0 Å². The predicted molar refractivity (Wildman–Crippen MR) is 69.9 cm³/mol. The number of piperidine rings is 1. The minimum absolute atomic E-state index is 0.0802. The van der Waals surface area contributed by atoms with Crippen LogP contribution < -0.4 is 5.73 Å². The normalized spacial score (nSPS) is 22.2. The summed E-state index contributed by atoms with van der Waals surface area (Å²) < 4.78 is 11.2. The monoisotopic (exact) mass is 244 g/mol. The molecule has 1 rings (SSSR count). The molecule has 0 aromatic heterocycles. The Balaban J connectivity index is 2.43. The molecule has 0 aromatic carbocycles. The number of hydrogen-bond donors (Lipinski definition) is 1. The summed E-state index contributed by atoms with van der Waals surface area (Å²) >= 11 is 0. The molecule has 0 amide bonds. The molecule has 0 saturated carbocycles. The molecule has 1 unspecified atom stereocenters. The van der Waals surface area contributed by atoms with Gasteiger partial charge in [0.15, 0.2) is 6.29 Å². The van der Waals surface area contributed by atoms with Crippen LogP contribution in [0.1, 0.15) is 39.5 Å². The van der Waals surface area contributed by atoms with Crippen molar-refractivity contribution >= 4 is 0 Å². The van der Waals surface area contributed by atoms with Crippen LogP contribution >= 0.6 is 0 Å². The molecule has 17 heavy (non-hydrogen) atoms. The fraction of sp³-hybridized carbons (Fsp3) is 1.00. The quantitative estimate of drug-likeness (QED) is 0.659. The van der Waals surface area contributed by atoms with Gasteiger partial charge in [0.05, 0.1) is 0 Å². The van der Waals surface area contributed by atoms with Gasteiger partial charge in [-0.05, 0) is 46.2 Å². The van der Waals surface area contributed by atoms with E-state index >= 15 is 0 Å². The molecule has 0 bridgehead atoms. The Kier molecular flexibility index (Phi) is 7.77. The van der Waals surface area contributed by atoms with Crippen LogP contribution in [0.3, 0.4) is 0 Å². The van der Waals surface area contributed by atoms with E-state index in [4.69, 9.17) is 15.2 Å². The van der Waals surface area contributed by atoms with Gasteiger partial charge in [-0.15, -0.1) is 0 Å². The molecule has 1 aliphatic heterocycles. The minimum Gasteiger partial charge on any atom is -0.352 e. The molecule has 2 N–H and O–H groups in total. The molecular formula is C13H28N2O2. The van der Waals surface area contributed by atoms with E-state index in [9.17, 15) is 0 Å². The van der Waals surface area contributed by atoms with Gasteiger partial charge in [-0.1, -0.05) is 6.42 Å². The molecule has 1 saturated heterocycles. The number of rotatable bonds is 8. The van der Waals surface area contributed by atoms with Crippen LogP contribution in [0.15, 0.2) is 0 Å². The van der Waals surface area contributed by atoms with Crippen molar-refractivity contribution in [2.75, 3.05) is 32.8 Å². The topological polar surface area (TPSA) is 47.7 Å². The van der Waals surface area contributed by atoms with Crippen molar-refractivity contribution < 1.29 is 9.47 Å². The Hall–Kier alpha value is -0.160. The summed E-state index contributed by atoms with van der Waals surface area (Å²) in [6.45, 7) is 8.25. The Morgan fingerprint density at radius 3 is 2.53 bits per heavy atom. The largest absolute Gasteiger partial charge is 0.352 e. The van der Waals surface area contributed by atoms with Gasteiger partial charge in [-0.25, -0.2) is 0 Å². The van der Waals surface area contributed by atoms with Crippen molar-refractivity contribution in [1.29, 1.82) is 0 Å². The van der Waals surface area contributed by atoms with E-state index in [1.165, 1.54) is 19.3 Å². The van der Waals surface area contributed by atoms with Crippen LogP contribution in [-0.2, 0) is 9.47 Å². The maximum absolute atomic E-state index is 5.68.